The summed E-state index contributed by atoms with van der Waals surface area (Å²) in [5, 5.41) is 0.611. The first kappa shape index (κ1) is 11.4. The molecule has 0 aliphatic rings. The van der Waals surface area contributed by atoms with Gasteiger partial charge in [0.25, 0.3) is 0 Å². The van der Waals surface area contributed by atoms with E-state index in [1.165, 1.54) is 0 Å². The number of furan rings is 1. The minimum absolute atomic E-state index is 0.415. The molecule has 0 N–H and O–H groups in total. The Bertz CT molecular complexity index is 291. The van der Waals surface area contributed by atoms with Gasteiger partial charge in [0.1, 0.15) is 5.76 Å². The summed E-state index contributed by atoms with van der Waals surface area (Å²) in [6, 6.07) is 3.58. The van der Waals surface area contributed by atoms with Gasteiger partial charge in [-0.05, 0) is 18.1 Å². The molecule has 0 radical (unpaired) electrons. The SMILES string of the molecule is CC(C)C(C)SCc1ccc(C=O)o1. The standard InChI is InChI=1S/C11H16O2S/c1-8(2)9(3)14-7-11-5-4-10(6-12)13-11/h4-6,8-9H,7H2,1-3H3. The van der Waals surface area contributed by atoms with Gasteiger partial charge >= 0.3 is 0 Å². The van der Waals surface area contributed by atoms with Crippen LogP contribution < -0.4 is 0 Å². The van der Waals surface area contributed by atoms with E-state index in [0.717, 1.165) is 17.8 Å². The average molecular weight is 212 g/mol. The third-order valence-electron chi connectivity index (χ3n) is 2.23. The normalized spacial score (nSPS) is 13.1. The van der Waals surface area contributed by atoms with Crippen LogP contribution in [0.4, 0.5) is 0 Å². The lowest BCUT2D eigenvalue weighted by molar-refractivity contribution is 0.109. The van der Waals surface area contributed by atoms with Gasteiger partial charge in [-0.15, -0.1) is 0 Å². The molecule has 1 rings (SSSR count). The van der Waals surface area contributed by atoms with Crippen molar-refractivity contribution in [3.8, 4) is 0 Å². The summed E-state index contributed by atoms with van der Waals surface area (Å²) in [5.74, 6) is 2.80. The van der Waals surface area contributed by atoms with E-state index in [-0.39, 0.29) is 0 Å². The zero-order chi connectivity index (χ0) is 10.6. The highest BCUT2D eigenvalue weighted by atomic mass is 32.2. The molecule has 2 nitrogen and oxygen atoms in total. The summed E-state index contributed by atoms with van der Waals surface area (Å²) < 4.78 is 5.27. The molecule has 1 aromatic heterocycles. The Morgan fingerprint density at radius 1 is 1.43 bits per heavy atom. The lowest BCUT2D eigenvalue weighted by Crippen LogP contribution is -2.05. The summed E-state index contributed by atoms with van der Waals surface area (Å²) in [6.45, 7) is 6.62. The summed E-state index contributed by atoms with van der Waals surface area (Å²) in [7, 11) is 0. The Morgan fingerprint density at radius 3 is 2.64 bits per heavy atom. The topological polar surface area (TPSA) is 30.2 Å². The zero-order valence-electron chi connectivity index (χ0n) is 8.82. The van der Waals surface area contributed by atoms with Crippen LogP contribution in [0.3, 0.4) is 0 Å². The Morgan fingerprint density at radius 2 is 2.14 bits per heavy atom. The fourth-order valence-corrected chi connectivity index (χ4v) is 1.91. The van der Waals surface area contributed by atoms with Gasteiger partial charge < -0.3 is 4.42 Å². The lowest BCUT2D eigenvalue weighted by atomic mass is 10.2. The lowest BCUT2D eigenvalue weighted by Gasteiger charge is -2.13. The molecular weight excluding hydrogens is 196 g/mol. The van der Waals surface area contributed by atoms with E-state index >= 15 is 0 Å². The summed E-state index contributed by atoms with van der Waals surface area (Å²) in [6.07, 6.45) is 0.736. The van der Waals surface area contributed by atoms with Crippen molar-refractivity contribution in [1.82, 2.24) is 0 Å². The van der Waals surface area contributed by atoms with Crippen LogP contribution in [-0.2, 0) is 5.75 Å². The summed E-state index contributed by atoms with van der Waals surface area (Å²) >= 11 is 1.85. The fraction of sp³-hybridized carbons (Fsp3) is 0.545. The number of aldehydes is 1. The molecule has 0 saturated carbocycles. The average Bonchev–Trinajstić information content (AvgIpc) is 2.61. The molecule has 1 atom stereocenters. The molecule has 0 amide bonds. The van der Waals surface area contributed by atoms with Crippen molar-refractivity contribution < 1.29 is 9.21 Å². The molecule has 0 spiro atoms. The maximum absolute atomic E-state index is 10.4. The number of rotatable bonds is 5. The number of thioether (sulfide) groups is 1. The van der Waals surface area contributed by atoms with E-state index in [2.05, 4.69) is 20.8 Å². The molecule has 0 aromatic carbocycles. The monoisotopic (exact) mass is 212 g/mol. The molecule has 0 aliphatic heterocycles. The van der Waals surface area contributed by atoms with Crippen LogP contribution in [0.1, 0.15) is 37.1 Å². The van der Waals surface area contributed by atoms with Crippen LogP contribution in [0.15, 0.2) is 16.5 Å². The minimum Gasteiger partial charge on any atom is -0.457 e. The molecular formula is C11H16O2S. The number of carbonyl (C=O) groups excluding carboxylic acids is 1. The molecule has 0 saturated heterocycles. The van der Waals surface area contributed by atoms with Crippen LogP contribution in [0, 0.1) is 5.92 Å². The van der Waals surface area contributed by atoms with Crippen molar-refractivity contribution in [2.24, 2.45) is 5.92 Å². The molecule has 78 valence electrons. The zero-order valence-corrected chi connectivity index (χ0v) is 9.64. The molecule has 3 heteroatoms. The van der Waals surface area contributed by atoms with Crippen molar-refractivity contribution in [3.05, 3.63) is 23.7 Å². The number of hydrogen-bond acceptors (Lipinski definition) is 3. The van der Waals surface area contributed by atoms with Crippen LogP contribution in [0.2, 0.25) is 0 Å². The van der Waals surface area contributed by atoms with Gasteiger partial charge in [-0.1, -0.05) is 20.8 Å². The summed E-state index contributed by atoms with van der Waals surface area (Å²) in [4.78, 5) is 10.4. The van der Waals surface area contributed by atoms with Crippen LogP contribution in [0.5, 0.6) is 0 Å². The van der Waals surface area contributed by atoms with Gasteiger partial charge in [-0.25, -0.2) is 0 Å². The Balaban J connectivity index is 2.41. The smallest absolute Gasteiger partial charge is 0.185 e. The van der Waals surface area contributed by atoms with E-state index in [4.69, 9.17) is 4.42 Å². The largest absolute Gasteiger partial charge is 0.457 e. The quantitative estimate of drug-likeness (QED) is 0.701. The minimum atomic E-state index is 0.415. The Kier molecular flexibility index (Phi) is 4.26. The van der Waals surface area contributed by atoms with Crippen molar-refractivity contribution in [3.63, 3.8) is 0 Å². The van der Waals surface area contributed by atoms with Crippen molar-refractivity contribution >= 4 is 18.0 Å². The van der Waals surface area contributed by atoms with Crippen LogP contribution in [-0.4, -0.2) is 11.5 Å². The molecule has 1 heterocycles. The number of carbonyl (C=O) groups is 1. The van der Waals surface area contributed by atoms with Crippen LogP contribution >= 0.6 is 11.8 Å². The second-order valence-corrected chi connectivity index (χ2v) is 5.05. The van der Waals surface area contributed by atoms with Gasteiger partial charge in [0, 0.05) is 5.25 Å². The summed E-state index contributed by atoms with van der Waals surface area (Å²) in [5.41, 5.74) is 0. The van der Waals surface area contributed by atoms with Gasteiger partial charge in [-0.3, -0.25) is 4.79 Å². The molecule has 1 aromatic rings. The van der Waals surface area contributed by atoms with E-state index in [9.17, 15) is 4.79 Å². The first-order chi connectivity index (χ1) is 6.63. The molecule has 0 aliphatic carbocycles. The Hall–Kier alpha value is -0.700. The highest BCUT2D eigenvalue weighted by molar-refractivity contribution is 7.99. The first-order valence-electron chi connectivity index (χ1n) is 4.79. The van der Waals surface area contributed by atoms with E-state index in [0.29, 0.717) is 16.9 Å². The highest BCUT2D eigenvalue weighted by Gasteiger charge is 2.09. The van der Waals surface area contributed by atoms with E-state index in [1.807, 2.05) is 17.8 Å². The maximum Gasteiger partial charge on any atom is 0.185 e. The number of hydrogen-bond donors (Lipinski definition) is 0. The maximum atomic E-state index is 10.4. The second kappa shape index (κ2) is 5.25. The Labute approximate surface area is 89.1 Å². The van der Waals surface area contributed by atoms with Gasteiger partial charge in [0.2, 0.25) is 0 Å². The second-order valence-electron chi connectivity index (χ2n) is 3.68. The first-order valence-corrected chi connectivity index (χ1v) is 5.84. The van der Waals surface area contributed by atoms with Crippen molar-refractivity contribution in [1.29, 1.82) is 0 Å². The predicted molar refractivity (Wildman–Crippen MR) is 59.7 cm³/mol. The van der Waals surface area contributed by atoms with Crippen molar-refractivity contribution in [2.75, 3.05) is 0 Å². The third-order valence-corrected chi connectivity index (χ3v) is 3.75. The van der Waals surface area contributed by atoms with Gasteiger partial charge in [-0.2, -0.15) is 11.8 Å². The van der Waals surface area contributed by atoms with E-state index < -0.39 is 0 Å². The molecule has 1 unspecified atom stereocenters. The van der Waals surface area contributed by atoms with Gasteiger partial charge in [0.05, 0.1) is 5.75 Å². The van der Waals surface area contributed by atoms with Gasteiger partial charge in [0.15, 0.2) is 12.0 Å². The highest BCUT2D eigenvalue weighted by Crippen LogP contribution is 2.23. The van der Waals surface area contributed by atoms with Crippen LogP contribution in [0.25, 0.3) is 0 Å². The van der Waals surface area contributed by atoms with Crippen molar-refractivity contribution in [2.45, 2.75) is 31.8 Å². The molecule has 0 bridgehead atoms. The van der Waals surface area contributed by atoms with E-state index in [1.54, 1.807) is 6.07 Å². The third kappa shape index (κ3) is 3.22. The fourth-order valence-electron chi connectivity index (χ4n) is 0.941. The predicted octanol–water partition coefficient (Wildman–Crippen LogP) is 3.37. The molecule has 0 fully saturated rings. The molecule has 14 heavy (non-hydrogen) atoms.